The molecule has 1 aromatic heterocycles. The number of hydrogen-bond donors (Lipinski definition) is 2. The van der Waals surface area contributed by atoms with E-state index >= 15 is 0 Å². The normalized spacial score (nSPS) is 18.0. The first kappa shape index (κ1) is 26.9. The minimum atomic E-state index is -0.968. The number of carbonyl (C=O) groups excluding carboxylic acids is 2. The Morgan fingerprint density at radius 2 is 1.78 bits per heavy atom. The standard InChI is InChI=1S/C29H40N4O4/c1-29(2,3)22-11-8-21(9-12-22)17-32-19-31-23-16-24(28(37)30-15-14-27(35)36)33(18-25(23)32)26(34)13-10-20-6-4-5-7-20/h8-9,11-12,19-20,24H,4-7,10,13-18H2,1-3H3,(H,30,37)(H,35,36). The summed E-state index contributed by atoms with van der Waals surface area (Å²) in [5.74, 6) is -0.703. The van der Waals surface area contributed by atoms with Crippen LogP contribution in [0.4, 0.5) is 0 Å². The molecular formula is C29H40N4O4. The van der Waals surface area contributed by atoms with Gasteiger partial charge in [0, 0.05) is 25.9 Å². The van der Waals surface area contributed by atoms with Crippen LogP contribution in [0.3, 0.4) is 0 Å². The Bertz CT molecular complexity index is 1110. The minimum absolute atomic E-state index is 0.0155. The zero-order valence-corrected chi connectivity index (χ0v) is 22.3. The van der Waals surface area contributed by atoms with E-state index < -0.39 is 12.0 Å². The molecule has 1 aromatic carbocycles. The van der Waals surface area contributed by atoms with E-state index in [4.69, 9.17) is 5.11 Å². The van der Waals surface area contributed by atoms with E-state index in [9.17, 15) is 14.4 Å². The monoisotopic (exact) mass is 508 g/mol. The van der Waals surface area contributed by atoms with Crippen LogP contribution >= 0.6 is 0 Å². The Morgan fingerprint density at radius 1 is 1.08 bits per heavy atom. The third-order valence-electron chi connectivity index (χ3n) is 7.79. The van der Waals surface area contributed by atoms with E-state index in [-0.39, 0.29) is 30.2 Å². The van der Waals surface area contributed by atoms with Gasteiger partial charge in [-0.3, -0.25) is 14.4 Å². The fourth-order valence-corrected chi connectivity index (χ4v) is 5.49. The molecule has 4 rings (SSSR count). The van der Waals surface area contributed by atoms with Crippen LogP contribution in [0.1, 0.15) is 88.2 Å². The highest BCUT2D eigenvalue weighted by molar-refractivity contribution is 5.88. The van der Waals surface area contributed by atoms with E-state index in [1.165, 1.54) is 31.2 Å². The maximum atomic E-state index is 13.4. The maximum absolute atomic E-state index is 13.4. The topological polar surface area (TPSA) is 105 Å². The van der Waals surface area contributed by atoms with Crippen molar-refractivity contribution in [2.24, 2.45) is 5.92 Å². The number of imidazole rings is 1. The van der Waals surface area contributed by atoms with Gasteiger partial charge >= 0.3 is 5.97 Å². The van der Waals surface area contributed by atoms with E-state index in [1.54, 1.807) is 11.2 Å². The fourth-order valence-electron chi connectivity index (χ4n) is 5.49. The smallest absolute Gasteiger partial charge is 0.305 e. The van der Waals surface area contributed by atoms with Crippen molar-refractivity contribution in [3.8, 4) is 0 Å². The fraction of sp³-hybridized carbons (Fsp3) is 0.586. The average Bonchev–Trinajstić information content (AvgIpc) is 3.51. The van der Waals surface area contributed by atoms with Crippen LogP contribution in [-0.2, 0) is 39.3 Å². The van der Waals surface area contributed by atoms with E-state index in [2.05, 4.69) is 59.9 Å². The number of fused-ring (bicyclic) bond motifs is 1. The predicted molar refractivity (Wildman–Crippen MR) is 141 cm³/mol. The van der Waals surface area contributed by atoms with Gasteiger partial charge in [-0.25, -0.2) is 4.98 Å². The van der Waals surface area contributed by atoms with E-state index in [0.29, 0.717) is 31.8 Å². The van der Waals surface area contributed by atoms with E-state index in [0.717, 1.165) is 23.4 Å². The number of benzene rings is 1. The first-order valence-electron chi connectivity index (χ1n) is 13.5. The molecule has 2 amide bonds. The third-order valence-corrected chi connectivity index (χ3v) is 7.79. The van der Waals surface area contributed by atoms with Crippen molar-refractivity contribution < 1.29 is 19.5 Å². The highest BCUT2D eigenvalue weighted by atomic mass is 16.4. The lowest BCUT2D eigenvalue weighted by atomic mass is 9.87. The maximum Gasteiger partial charge on any atom is 0.305 e. The van der Waals surface area contributed by atoms with Gasteiger partial charge in [-0.2, -0.15) is 0 Å². The number of carboxylic acids is 1. The van der Waals surface area contributed by atoms with Crippen LogP contribution in [0.2, 0.25) is 0 Å². The van der Waals surface area contributed by atoms with Crippen LogP contribution in [0.25, 0.3) is 0 Å². The number of rotatable bonds is 9. The van der Waals surface area contributed by atoms with Crippen molar-refractivity contribution >= 4 is 17.8 Å². The van der Waals surface area contributed by atoms with Crippen molar-refractivity contribution in [1.29, 1.82) is 0 Å². The molecule has 0 spiro atoms. The number of carboxylic acid groups (broad SMARTS) is 1. The van der Waals surface area contributed by atoms with Crippen LogP contribution in [0.5, 0.6) is 0 Å². The number of aliphatic carboxylic acids is 1. The molecule has 1 aliphatic carbocycles. The lowest BCUT2D eigenvalue weighted by molar-refractivity contribution is -0.142. The average molecular weight is 509 g/mol. The highest BCUT2D eigenvalue weighted by Crippen LogP contribution is 2.30. The molecule has 2 aromatic rings. The Balaban J connectivity index is 1.50. The zero-order chi connectivity index (χ0) is 26.6. The summed E-state index contributed by atoms with van der Waals surface area (Å²) in [5, 5.41) is 11.6. The molecule has 200 valence electrons. The van der Waals surface area contributed by atoms with Gasteiger partial charge < -0.3 is 19.9 Å². The number of hydrogen-bond acceptors (Lipinski definition) is 4. The Morgan fingerprint density at radius 3 is 2.43 bits per heavy atom. The Kier molecular flexibility index (Phi) is 8.35. The molecule has 0 radical (unpaired) electrons. The molecular weight excluding hydrogens is 468 g/mol. The lowest BCUT2D eigenvalue weighted by Gasteiger charge is -2.35. The molecule has 1 saturated carbocycles. The second kappa shape index (κ2) is 11.5. The molecule has 1 atom stereocenters. The van der Waals surface area contributed by atoms with Gasteiger partial charge in [0.15, 0.2) is 0 Å². The van der Waals surface area contributed by atoms with Crippen LogP contribution in [-0.4, -0.2) is 49.9 Å². The quantitative estimate of drug-likeness (QED) is 0.532. The molecule has 0 bridgehead atoms. The summed E-state index contributed by atoms with van der Waals surface area (Å²) in [5.41, 5.74) is 4.31. The Hall–Kier alpha value is -3.16. The van der Waals surface area contributed by atoms with Crippen molar-refractivity contribution in [2.45, 2.75) is 96.7 Å². The number of carbonyl (C=O) groups is 3. The van der Waals surface area contributed by atoms with Crippen LogP contribution in [0, 0.1) is 5.92 Å². The molecule has 8 heteroatoms. The minimum Gasteiger partial charge on any atom is -0.481 e. The summed E-state index contributed by atoms with van der Waals surface area (Å²) >= 11 is 0. The summed E-state index contributed by atoms with van der Waals surface area (Å²) in [7, 11) is 0. The summed E-state index contributed by atoms with van der Waals surface area (Å²) in [4.78, 5) is 43.6. The van der Waals surface area contributed by atoms with Gasteiger partial charge in [-0.05, 0) is 28.9 Å². The van der Waals surface area contributed by atoms with Crippen LogP contribution < -0.4 is 5.32 Å². The van der Waals surface area contributed by atoms with Crippen molar-refractivity contribution in [3.05, 3.63) is 53.1 Å². The van der Waals surface area contributed by atoms with Crippen molar-refractivity contribution in [1.82, 2.24) is 19.8 Å². The van der Waals surface area contributed by atoms with Crippen LogP contribution in [0.15, 0.2) is 30.6 Å². The molecule has 1 aliphatic heterocycles. The first-order valence-corrected chi connectivity index (χ1v) is 13.5. The second-order valence-electron chi connectivity index (χ2n) is 11.6. The molecule has 0 saturated heterocycles. The first-order chi connectivity index (χ1) is 17.6. The largest absolute Gasteiger partial charge is 0.481 e. The van der Waals surface area contributed by atoms with Gasteiger partial charge in [-0.1, -0.05) is 70.7 Å². The van der Waals surface area contributed by atoms with E-state index in [1.807, 2.05) is 0 Å². The lowest BCUT2D eigenvalue weighted by Crippen LogP contribution is -2.53. The molecule has 1 unspecified atom stereocenters. The summed E-state index contributed by atoms with van der Waals surface area (Å²) in [6.45, 7) is 7.60. The number of nitrogens with one attached hydrogen (secondary N) is 1. The molecule has 2 aliphatic rings. The number of nitrogens with zero attached hydrogens (tertiary/aromatic N) is 3. The third kappa shape index (κ3) is 6.79. The summed E-state index contributed by atoms with van der Waals surface area (Å²) in [6.07, 6.45) is 8.09. The molecule has 8 nitrogen and oxygen atoms in total. The summed E-state index contributed by atoms with van der Waals surface area (Å²) in [6, 6.07) is 7.93. The predicted octanol–water partition coefficient (Wildman–Crippen LogP) is 4.04. The highest BCUT2D eigenvalue weighted by Gasteiger charge is 2.37. The zero-order valence-electron chi connectivity index (χ0n) is 22.3. The van der Waals surface area contributed by atoms with Gasteiger partial charge in [0.2, 0.25) is 11.8 Å². The van der Waals surface area contributed by atoms with Gasteiger partial charge in [0.1, 0.15) is 6.04 Å². The molecule has 2 N–H and O–H groups in total. The van der Waals surface area contributed by atoms with Gasteiger partial charge in [-0.15, -0.1) is 0 Å². The van der Waals surface area contributed by atoms with Crippen molar-refractivity contribution in [3.63, 3.8) is 0 Å². The van der Waals surface area contributed by atoms with Gasteiger partial charge in [0.05, 0.1) is 30.7 Å². The SMILES string of the molecule is CC(C)(C)c1ccc(Cn2cnc3c2CN(C(=O)CCC2CCCC2)C(C(=O)NCCC(=O)O)C3)cc1. The molecule has 37 heavy (non-hydrogen) atoms. The number of aromatic nitrogens is 2. The Labute approximate surface area is 219 Å². The molecule has 1 fully saturated rings. The molecule has 2 heterocycles. The van der Waals surface area contributed by atoms with Gasteiger partial charge in [0.25, 0.3) is 0 Å². The number of amides is 2. The second-order valence-corrected chi connectivity index (χ2v) is 11.6. The van der Waals surface area contributed by atoms with Crippen molar-refractivity contribution in [2.75, 3.05) is 6.54 Å². The summed E-state index contributed by atoms with van der Waals surface area (Å²) < 4.78 is 2.08.